The lowest BCUT2D eigenvalue weighted by molar-refractivity contribution is -0.162. The van der Waals surface area contributed by atoms with Crippen molar-refractivity contribution >= 4 is 31.9 Å². The maximum absolute atomic E-state index is 8.50. The summed E-state index contributed by atoms with van der Waals surface area (Å²) in [7, 11) is 0. The third kappa shape index (κ3) is 23.1. The van der Waals surface area contributed by atoms with E-state index in [9.17, 15) is 0 Å². The van der Waals surface area contributed by atoms with E-state index in [0.29, 0.717) is 6.61 Å². The Morgan fingerprint density at radius 1 is 0.679 bits per heavy atom. The van der Waals surface area contributed by atoms with Crippen molar-refractivity contribution in [2.75, 3.05) is 30.5 Å². The molecule has 1 atom stereocenters. The van der Waals surface area contributed by atoms with Gasteiger partial charge >= 0.3 is 0 Å². The molecule has 0 aromatic rings. The van der Waals surface area contributed by atoms with Crippen LogP contribution in [0.25, 0.3) is 0 Å². The van der Waals surface area contributed by atoms with Crippen molar-refractivity contribution in [3.63, 3.8) is 0 Å². The van der Waals surface area contributed by atoms with Gasteiger partial charge in [-0.3, -0.25) is 0 Å². The quantitative estimate of drug-likeness (QED) is 0.145. The molecule has 1 unspecified atom stereocenters. The molecule has 5 heteroatoms. The van der Waals surface area contributed by atoms with Crippen LogP contribution >= 0.6 is 31.9 Å². The van der Waals surface area contributed by atoms with Gasteiger partial charge in [-0.1, -0.05) is 96.1 Å². The van der Waals surface area contributed by atoms with Crippen LogP contribution in [0.1, 0.15) is 109 Å². The first-order chi connectivity index (χ1) is 13.8. The Kier molecular flexibility index (Phi) is 26.7. The van der Waals surface area contributed by atoms with E-state index in [4.69, 9.17) is 14.6 Å². The summed E-state index contributed by atoms with van der Waals surface area (Å²) in [6.07, 6.45) is 21.8. The van der Waals surface area contributed by atoms with Gasteiger partial charge in [0.2, 0.25) is 0 Å². The summed E-state index contributed by atoms with van der Waals surface area (Å²) in [4.78, 5) is 0. The van der Waals surface area contributed by atoms with E-state index in [-0.39, 0.29) is 6.29 Å². The first-order valence-electron chi connectivity index (χ1n) is 11.8. The normalized spacial score (nSPS) is 16.6. The molecule has 1 saturated heterocycles. The number of alkyl halides is 2. The number of aliphatic hydroxyl groups excluding tert-OH is 1. The van der Waals surface area contributed by atoms with E-state index in [1.807, 2.05) is 0 Å². The molecule has 1 fully saturated rings. The summed E-state index contributed by atoms with van der Waals surface area (Å²) in [5.41, 5.74) is 0. The van der Waals surface area contributed by atoms with E-state index < -0.39 is 0 Å². The van der Waals surface area contributed by atoms with Gasteiger partial charge in [-0.2, -0.15) is 0 Å². The van der Waals surface area contributed by atoms with E-state index in [0.717, 1.165) is 36.7 Å². The molecule has 0 aliphatic carbocycles. The number of halogens is 2. The third-order valence-electron chi connectivity index (χ3n) is 5.01. The topological polar surface area (TPSA) is 38.7 Å². The van der Waals surface area contributed by atoms with Crippen LogP contribution in [0.15, 0.2) is 0 Å². The smallest absolute Gasteiger partial charge is 0.157 e. The molecular formula is C23H46Br2O3. The molecule has 0 radical (unpaired) electrons. The van der Waals surface area contributed by atoms with Crippen molar-refractivity contribution in [1.29, 1.82) is 0 Å². The predicted octanol–water partition coefficient (Wildman–Crippen LogP) is 7.76. The van der Waals surface area contributed by atoms with Crippen LogP contribution in [-0.4, -0.2) is 41.9 Å². The molecule has 0 saturated carbocycles. The molecule has 0 aromatic carbocycles. The number of hydrogen-bond donors (Lipinski definition) is 1. The minimum absolute atomic E-state index is 0.0997. The fourth-order valence-corrected chi connectivity index (χ4v) is 4.02. The molecule has 28 heavy (non-hydrogen) atoms. The Balaban J connectivity index is 0.000000576. The first-order valence-corrected chi connectivity index (χ1v) is 14.1. The van der Waals surface area contributed by atoms with E-state index in [1.54, 1.807) is 0 Å². The Morgan fingerprint density at radius 2 is 1.18 bits per heavy atom. The Labute approximate surface area is 192 Å². The summed E-state index contributed by atoms with van der Waals surface area (Å²) >= 11 is 6.87. The zero-order chi connectivity index (χ0) is 20.5. The zero-order valence-corrected chi connectivity index (χ0v) is 21.3. The SMILES string of the molecule is BrCCCCCCCCCOC1CCCCO1.OCCCCCCCCCBr. The molecule has 0 bridgehead atoms. The van der Waals surface area contributed by atoms with Crippen molar-refractivity contribution in [3.8, 4) is 0 Å². The molecule has 1 aliphatic rings. The average molecular weight is 530 g/mol. The van der Waals surface area contributed by atoms with Crippen molar-refractivity contribution in [3.05, 3.63) is 0 Å². The average Bonchev–Trinajstić information content (AvgIpc) is 2.73. The molecule has 0 aromatic heterocycles. The number of aliphatic hydroxyl groups is 1. The summed E-state index contributed by atoms with van der Waals surface area (Å²) < 4.78 is 11.2. The molecule has 0 amide bonds. The Morgan fingerprint density at radius 3 is 1.64 bits per heavy atom. The zero-order valence-electron chi connectivity index (χ0n) is 18.2. The van der Waals surface area contributed by atoms with Crippen LogP contribution < -0.4 is 0 Å². The van der Waals surface area contributed by atoms with Crippen LogP contribution in [-0.2, 0) is 9.47 Å². The summed E-state index contributed by atoms with van der Waals surface area (Å²) in [6.45, 7) is 2.13. The lowest BCUT2D eigenvalue weighted by atomic mass is 10.1. The molecule has 1 aliphatic heterocycles. The number of hydrogen-bond acceptors (Lipinski definition) is 3. The number of rotatable bonds is 18. The van der Waals surface area contributed by atoms with Crippen LogP contribution in [0.5, 0.6) is 0 Å². The molecule has 0 spiro atoms. The number of ether oxygens (including phenoxy) is 2. The lowest BCUT2D eigenvalue weighted by Gasteiger charge is -2.22. The fraction of sp³-hybridized carbons (Fsp3) is 1.00. The van der Waals surface area contributed by atoms with Crippen molar-refractivity contribution in [2.24, 2.45) is 0 Å². The minimum Gasteiger partial charge on any atom is -0.396 e. The Bertz CT molecular complexity index is 267. The largest absolute Gasteiger partial charge is 0.396 e. The first kappa shape index (κ1) is 28.8. The predicted molar refractivity (Wildman–Crippen MR) is 129 cm³/mol. The minimum atomic E-state index is 0.0997. The van der Waals surface area contributed by atoms with Gasteiger partial charge in [-0.05, 0) is 44.9 Å². The molecule has 170 valence electrons. The highest BCUT2D eigenvalue weighted by Gasteiger charge is 2.13. The van der Waals surface area contributed by atoms with Gasteiger partial charge in [0.05, 0.1) is 0 Å². The monoisotopic (exact) mass is 528 g/mol. The highest BCUT2D eigenvalue weighted by Crippen LogP contribution is 2.14. The molecule has 1 heterocycles. The van der Waals surface area contributed by atoms with E-state index in [2.05, 4.69) is 31.9 Å². The van der Waals surface area contributed by atoms with Crippen LogP contribution in [0.3, 0.4) is 0 Å². The second kappa shape index (κ2) is 25.9. The number of unbranched alkanes of at least 4 members (excludes halogenated alkanes) is 12. The maximum Gasteiger partial charge on any atom is 0.157 e. The highest BCUT2D eigenvalue weighted by atomic mass is 79.9. The van der Waals surface area contributed by atoms with Gasteiger partial charge in [0.25, 0.3) is 0 Å². The summed E-state index contributed by atoms with van der Waals surface area (Å²) in [5.74, 6) is 0. The highest BCUT2D eigenvalue weighted by molar-refractivity contribution is 9.09. The van der Waals surface area contributed by atoms with Gasteiger partial charge in [0.1, 0.15) is 0 Å². The Hall–Kier alpha value is 0.840. The van der Waals surface area contributed by atoms with Gasteiger partial charge in [-0.15, -0.1) is 0 Å². The van der Waals surface area contributed by atoms with Gasteiger partial charge in [0.15, 0.2) is 6.29 Å². The maximum atomic E-state index is 8.50. The molecule has 3 nitrogen and oxygen atoms in total. The summed E-state index contributed by atoms with van der Waals surface area (Å²) in [6, 6.07) is 0. The van der Waals surface area contributed by atoms with Crippen LogP contribution in [0, 0.1) is 0 Å². The molecule has 1 rings (SSSR count). The van der Waals surface area contributed by atoms with Crippen molar-refractivity contribution < 1.29 is 14.6 Å². The van der Waals surface area contributed by atoms with Gasteiger partial charge in [-0.25, -0.2) is 0 Å². The standard InChI is InChI=1S/C14H27BrO2.C9H19BrO/c15-11-7-4-2-1-3-5-8-12-16-14-10-6-9-13-17-14;10-8-6-4-2-1-3-5-7-9-11/h14H,1-13H2;11H,1-9H2. The molecular weight excluding hydrogens is 484 g/mol. The fourth-order valence-electron chi connectivity index (χ4n) is 3.23. The van der Waals surface area contributed by atoms with Gasteiger partial charge < -0.3 is 14.6 Å². The van der Waals surface area contributed by atoms with E-state index in [1.165, 1.54) is 96.3 Å². The van der Waals surface area contributed by atoms with Crippen LogP contribution in [0.2, 0.25) is 0 Å². The van der Waals surface area contributed by atoms with E-state index >= 15 is 0 Å². The van der Waals surface area contributed by atoms with Gasteiger partial charge in [0, 0.05) is 30.5 Å². The third-order valence-corrected chi connectivity index (χ3v) is 6.13. The van der Waals surface area contributed by atoms with Crippen molar-refractivity contribution in [1.82, 2.24) is 0 Å². The lowest BCUT2D eigenvalue weighted by Crippen LogP contribution is -2.22. The van der Waals surface area contributed by atoms with Crippen molar-refractivity contribution in [2.45, 2.75) is 115 Å². The van der Waals surface area contributed by atoms with Crippen LogP contribution in [0.4, 0.5) is 0 Å². The summed E-state index contributed by atoms with van der Waals surface area (Å²) in [5, 5.41) is 10.8. The second-order valence-electron chi connectivity index (χ2n) is 7.72. The molecule has 1 N–H and O–H groups in total. The second-order valence-corrected chi connectivity index (χ2v) is 9.30.